The summed E-state index contributed by atoms with van der Waals surface area (Å²) in [4.78, 5) is 2.18. The van der Waals surface area contributed by atoms with Gasteiger partial charge in [0.1, 0.15) is 0 Å². The molecule has 2 nitrogen and oxygen atoms in total. The van der Waals surface area contributed by atoms with Crippen LogP contribution in [0.2, 0.25) is 0 Å². The maximum absolute atomic E-state index is 10.00. The second-order valence-electron chi connectivity index (χ2n) is 4.06. The molecule has 2 unspecified atom stereocenters. The van der Waals surface area contributed by atoms with Crippen molar-refractivity contribution < 1.29 is 5.11 Å². The molecule has 1 aliphatic rings. The van der Waals surface area contributed by atoms with Crippen molar-refractivity contribution >= 4 is 11.8 Å². The van der Waals surface area contributed by atoms with Crippen LogP contribution in [0.3, 0.4) is 0 Å². The number of aliphatic hydroxyl groups excluding tert-OH is 1. The third kappa shape index (κ3) is 3.03. The first kappa shape index (κ1) is 11.6. The molecule has 1 aromatic carbocycles. The summed E-state index contributed by atoms with van der Waals surface area (Å²) in [6.07, 6.45) is 2.49. The standard InChI is InChI=1S/C13H17NOS/c1-11-14(7-8-16-11)10-13(15)9-12-5-3-2-4-6-12/h2-8,11,13,15H,9-10H2,1H3. The normalized spacial score (nSPS) is 21.4. The predicted octanol–water partition coefficient (Wildman–Crippen LogP) is 2.46. The van der Waals surface area contributed by atoms with Crippen molar-refractivity contribution in [3.63, 3.8) is 0 Å². The number of hydrogen-bond donors (Lipinski definition) is 1. The van der Waals surface area contributed by atoms with Crippen LogP contribution in [0.15, 0.2) is 41.9 Å². The van der Waals surface area contributed by atoms with Gasteiger partial charge in [0.2, 0.25) is 0 Å². The molecule has 0 aliphatic carbocycles. The van der Waals surface area contributed by atoms with Crippen LogP contribution in [0.4, 0.5) is 0 Å². The van der Waals surface area contributed by atoms with Crippen LogP contribution in [0.25, 0.3) is 0 Å². The minimum Gasteiger partial charge on any atom is -0.391 e. The second kappa shape index (κ2) is 5.41. The molecule has 0 fully saturated rings. The SMILES string of the molecule is CC1SC=CN1CC(O)Cc1ccccc1. The lowest BCUT2D eigenvalue weighted by molar-refractivity contribution is 0.134. The van der Waals surface area contributed by atoms with Gasteiger partial charge in [-0.3, -0.25) is 0 Å². The molecule has 16 heavy (non-hydrogen) atoms. The number of aliphatic hydroxyl groups is 1. The third-order valence-corrected chi connectivity index (χ3v) is 3.67. The zero-order valence-electron chi connectivity index (χ0n) is 9.41. The zero-order valence-corrected chi connectivity index (χ0v) is 10.2. The quantitative estimate of drug-likeness (QED) is 0.867. The van der Waals surface area contributed by atoms with Crippen LogP contribution in [-0.4, -0.2) is 28.0 Å². The van der Waals surface area contributed by atoms with E-state index in [0.29, 0.717) is 11.9 Å². The highest BCUT2D eigenvalue weighted by Gasteiger charge is 2.17. The lowest BCUT2D eigenvalue weighted by Crippen LogP contribution is -2.32. The first-order valence-corrected chi connectivity index (χ1v) is 6.50. The summed E-state index contributed by atoms with van der Waals surface area (Å²) in [5.74, 6) is 0. The summed E-state index contributed by atoms with van der Waals surface area (Å²) in [7, 11) is 0. The van der Waals surface area contributed by atoms with Gasteiger partial charge in [0, 0.05) is 19.2 Å². The van der Waals surface area contributed by atoms with Crippen molar-refractivity contribution in [1.29, 1.82) is 0 Å². The molecule has 2 rings (SSSR count). The van der Waals surface area contributed by atoms with Gasteiger partial charge in [0.15, 0.2) is 0 Å². The first-order chi connectivity index (χ1) is 7.75. The molecule has 3 heteroatoms. The summed E-state index contributed by atoms with van der Waals surface area (Å²) in [5.41, 5.74) is 1.19. The van der Waals surface area contributed by atoms with Crippen LogP contribution in [0.1, 0.15) is 12.5 Å². The molecule has 1 aliphatic heterocycles. The zero-order chi connectivity index (χ0) is 11.4. The highest BCUT2D eigenvalue weighted by atomic mass is 32.2. The van der Waals surface area contributed by atoms with E-state index in [4.69, 9.17) is 0 Å². The molecule has 0 saturated heterocycles. The smallest absolute Gasteiger partial charge is 0.0759 e. The van der Waals surface area contributed by atoms with E-state index in [1.54, 1.807) is 11.8 Å². The first-order valence-electron chi connectivity index (χ1n) is 5.55. The fourth-order valence-corrected chi connectivity index (χ4v) is 2.60. The third-order valence-electron chi connectivity index (χ3n) is 2.73. The number of benzene rings is 1. The average Bonchev–Trinajstić information content (AvgIpc) is 2.66. The minimum absolute atomic E-state index is 0.298. The van der Waals surface area contributed by atoms with Gasteiger partial charge >= 0.3 is 0 Å². The number of hydrogen-bond acceptors (Lipinski definition) is 3. The molecule has 0 bridgehead atoms. The molecule has 1 aromatic rings. The number of rotatable bonds is 4. The summed E-state index contributed by atoms with van der Waals surface area (Å²) in [6, 6.07) is 10.1. The molecular weight excluding hydrogens is 218 g/mol. The Morgan fingerprint density at radius 1 is 1.38 bits per heavy atom. The molecular formula is C13H17NOS. The fraction of sp³-hybridized carbons (Fsp3) is 0.385. The molecule has 0 saturated carbocycles. The van der Waals surface area contributed by atoms with Crippen molar-refractivity contribution in [3.8, 4) is 0 Å². The molecule has 0 radical (unpaired) electrons. The Kier molecular flexibility index (Phi) is 3.91. The summed E-state index contributed by atoms with van der Waals surface area (Å²) >= 11 is 1.79. The Balaban J connectivity index is 1.85. The van der Waals surface area contributed by atoms with Gasteiger partial charge in [-0.25, -0.2) is 0 Å². The lowest BCUT2D eigenvalue weighted by Gasteiger charge is -2.24. The van der Waals surface area contributed by atoms with E-state index < -0.39 is 0 Å². The van der Waals surface area contributed by atoms with Crippen LogP contribution in [0, 0.1) is 0 Å². The van der Waals surface area contributed by atoms with Gasteiger partial charge in [0.05, 0.1) is 11.5 Å². The van der Waals surface area contributed by atoms with E-state index in [-0.39, 0.29) is 6.10 Å². The van der Waals surface area contributed by atoms with Crippen molar-refractivity contribution in [2.75, 3.05) is 6.54 Å². The molecule has 1 heterocycles. The van der Waals surface area contributed by atoms with Crippen molar-refractivity contribution in [2.45, 2.75) is 24.8 Å². The summed E-state index contributed by atoms with van der Waals surface area (Å²) in [6.45, 7) is 2.86. The van der Waals surface area contributed by atoms with Crippen molar-refractivity contribution in [2.24, 2.45) is 0 Å². The van der Waals surface area contributed by atoms with E-state index in [2.05, 4.69) is 35.6 Å². The van der Waals surface area contributed by atoms with Gasteiger partial charge in [0.25, 0.3) is 0 Å². The monoisotopic (exact) mass is 235 g/mol. The second-order valence-corrected chi connectivity index (χ2v) is 5.29. The highest BCUT2D eigenvalue weighted by molar-refractivity contribution is 8.02. The maximum atomic E-state index is 10.00. The van der Waals surface area contributed by atoms with E-state index in [0.717, 1.165) is 6.42 Å². The van der Waals surface area contributed by atoms with Crippen LogP contribution >= 0.6 is 11.8 Å². The number of β-amino-alcohol motifs (C(OH)–C–C–N with tert-alkyl or cyclic N) is 1. The average molecular weight is 235 g/mol. The Hall–Kier alpha value is -0.930. The fourth-order valence-electron chi connectivity index (χ4n) is 1.83. The highest BCUT2D eigenvalue weighted by Crippen LogP contribution is 2.24. The van der Waals surface area contributed by atoms with Gasteiger partial charge in [-0.05, 0) is 17.9 Å². The molecule has 2 atom stereocenters. The Bertz CT molecular complexity index is 352. The number of nitrogens with zero attached hydrogens (tertiary/aromatic N) is 1. The van der Waals surface area contributed by atoms with Gasteiger partial charge < -0.3 is 10.0 Å². The minimum atomic E-state index is -0.298. The number of thioether (sulfide) groups is 1. The van der Waals surface area contributed by atoms with E-state index >= 15 is 0 Å². The largest absolute Gasteiger partial charge is 0.391 e. The maximum Gasteiger partial charge on any atom is 0.0759 e. The topological polar surface area (TPSA) is 23.5 Å². The van der Waals surface area contributed by atoms with Gasteiger partial charge in [-0.2, -0.15) is 0 Å². The van der Waals surface area contributed by atoms with Crippen LogP contribution < -0.4 is 0 Å². The van der Waals surface area contributed by atoms with Crippen LogP contribution in [0.5, 0.6) is 0 Å². The Morgan fingerprint density at radius 3 is 2.75 bits per heavy atom. The Morgan fingerprint density at radius 2 is 2.12 bits per heavy atom. The molecule has 0 spiro atoms. The van der Waals surface area contributed by atoms with Gasteiger partial charge in [-0.15, -0.1) is 11.8 Å². The molecule has 86 valence electrons. The van der Waals surface area contributed by atoms with E-state index in [1.165, 1.54) is 5.56 Å². The molecule has 0 amide bonds. The van der Waals surface area contributed by atoms with Crippen LogP contribution in [-0.2, 0) is 6.42 Å². The summed E-state index contributed by atoms with van der Waals surface area (Å²) < 4.78 is 0. The molecule has 0 aromatic heterocycles. The molecule has 1 N–H and O–H groups in total. The Labute approximate surface area is 101 Å². The summed E-state index contributed by atoms with van der Waals surface area (Å²) in [5, 5.41) is 12.5. The predicted molar refractivity (Wildman–Crippen MR) is 69.1 cm³/mol. The van der Waals surface area contributed by atoms with Crippen molar-refractivity contribution in [3.05, 3.63) is 47.5 Å². The van der Waals surface area contributed by atoms with E-state index in [9.17, 15) is 5.11 Å². The van der Waals surface area contributed by atoms with E-state index in [1.807, 2.05) is 18.2 Å². The van der Waals surface area contributed by atoms with Crippen molar-refractivity contribution in [1.82, 2.24) is 4.90 Å². The lowest BCUT2D eigenvalue weighted by atomic mass is 10.1. The van der Waals surface area contributed by atoms with Gasteiger partial charge in [-0.1, -0.05) is 30.3 Å².